The number of aryl methyl sites for hydroxylation is 1. The topological polar surface area (TPSA) is 58.2 Å². The summed E-state index contributed by atoms with van der Waals surface area (Å²) < 4.78 is 0. The van der Waals surface area contributed by atoms with Crippen LogP contribution in [0.1, 0.15) is 43.5 Å². The molecule has 0 heterocycles. The number of amides is 2. The monoisotopic (exact) mass is 324 g/mol. The van der Waals surface area contributed by atoms with Crippen molar-refractivity contribution >= 4 is 17.5 Å². The Morgan fingerprint density at radius 1 is 0.958 bits per heavy atom. The van der Waals surface area contributed by atoms with Crippen LogP contribution in [0.25, 0.3) is 0 Å². The third-order valence-electron chi connectivity index (χ3n) is 3.90. The van der Waals surface area contributed by atoms with E-state index < -0.39 is 0 Å². The molecule has 126 valence electrons. The SMILES string of the molecule is CCc1ccc(C(C)NC(=O)Cc2ccc(NC(C)=O)cc2)cc1. The molecule has 4 heteroatoms. The molecule has 0 radical (unpaired) electrons. The molecule has 0 bridgehead atoms. The van der Waals surface area contributed by atoms with E-state index >= 15 is 0 Å². The molecule has 0 aliphatic rings. The number of rotatable bonds is 6. The van der Waals surface area contributed by atoms with E-state index in [1.807, 2.05) is 19.1 Å². The van der Waals surface area contributed by atoms with Gasteiger partial charge in [-0.2, -0.15) is 0 Å². The van der Waals surface area contributed by atoms with Gasteiger partial charge in [0.05, 0.1) is 12.5 Å². The summed E-state index contributed by atoms with van der Waals surface area (Å²) in [5, 5.41) is 5.73. The summed E-state index contributed by atoms with van der Waals surface area (Å²) in [7, 11) is 0. The van der Waals surface area contributed by atoms with Crippen molar-refractivity contribution < 1.29 is 9.59 Å². The minimum atomic E-state index is -0.108. The first kappa shape index (κ1) is 17.7. The molecular formula is C20H24N2O2. The van der Waals surface area contributed by atoms with Gasteiger partial charge in [0.2, 0.25) is 11.8 Å². The summed E-state index contributed by atoms with van der Waals surface area (Å²) in [5.74, 6) is -0.127. The third-order valence-corrected chi connectivity index (χ3v) is 3.90. The molecule has 2 aromatic carbocycles. The van der Waals surface area contributed by atoms with E-state index in [0.29, 0.717) is 6.42 Å². The molecule has 0 spiro atoms. The zero-order chi connectivity index (χ0) is 17.5. The van der Waals surface area contributed by atoms with Crippen molar-refractivity contribution in [1.29, 1.82) is 0 Å². The highest BCUT2D eigenvalue weighted by atomic mass is 16.2. The summed E-state index contributed by atoms with van der Waals surface area (Å²) >= 11 is 0. The van der Waals surface area contributed by atoms with Gasteiger partial charge in [0.15, 0.2) is 0 Å². The molecule has 2 rings (SSSR count). The van der Waals surface area contributed by atoms with E-state index in [1.54, 1.807) is 12.1 Å². The maximum absolute atomic E-state index is 12.2. The van der Waals surface area contributed by atoms with Gasteiger partial charge < -0.3 is 10.6 Å². The lowest BCUT2D eigenvalue weighted by Crippen LogP contribution is -2.28. The minimum Gasteiger partial charge on any atom is -0.349 e. The number of carbonyl (C=O) groups is 2. The van der Waals surface area contributed by atoms with Gasteiger partial charge in [-0.15, -0.1) is 0 Å². The van der Waals surface area contributed by atoms with Crippen LogP contribution in [0, 0.1) is 0 Å². The second-order valence-electron chi connectivity index (χ2n) is 5.94. The highest BCUT2D eigenvalue weighted by Gasteiger charge is 2.10. The van der Waals surface area contributed by atoms with Gasteiger partial charge in [0.1, 0.15) is 0 Å². The maximum atomic E-state index is 12.2. The molecule has 0 aliphatic carbocycles. The van der Waals surface area contributed by atoms with E-state index in [9.17, 15) is 9.59 Å². The van der Waals surface area contributed by atoms with Crippen LogP contribution in [0.15, 0.2) is 48.5 Å². The highest BCUT2D eigenvalue weighted by molar-refractivity contribution is 5.88. The zero-order valence-corrected chi connectivity index (χ0v) is 14.4. The van der Waals surface area contributed by atoms with Gasteiger partial charge in [-0.05, 0) is 42.2 Å². The zero-order valence-electron chi connectivity index (χ0n) is 14.4. The molecule has 2 N–H and O–H groups in total. The van der Waals surface area contributed by atoms with Gasteiger partial charge in [-0.3, -0.25) is 9.59 Å². The van der Waals surface area contributed by atoms with Crippen LogP contribution >= 0.6 is 0 Å². The fourth-order valence-electron chi connectivity index (χ4n) is 2.51. The first-order valence-electron chi connectivity index (χ1n) is 8.22. The molecule has 0 aromatic heterocycles. The van der Waals surface area contributed by atoms with Crippen molar-refractivity contribution in [1.82, 2.24) is 5.32 Å². The first-order valence-corrected chi connectivity index (χ1v) is 8.22. The average molecular weight is 324 g/mol. The summed E-state index contributed by atoms with van der Waals surface area (Å²) in [5.41, 5.74) is 4.03. The molecule has 0 fully saturated rings. The standard InChI is InChI=1S/C20H24N2O2/c1-4-16-5-9-18(10-6-16)14(2)21-20(24)13-17-7-11-19(12-8-17)22-15(3)23/h5-12,14H,4,13H2,1-3H3,(H,21,24)(H,22,23). The van der Waals surface area contributed by atoms with E-state index in [4.69, 9.17) is 0 Å². The fraction of sp³-hybridized carbons (Fsp3) is 0.300. The Balaban J connectivity index is 1.90. The largest absolute Gasteiger partial charge is 0.349 e. The minimum absolute atomic E-state index is 0.0191. The number of carbonyl (C=O) groups excluding carboxylic acids is 2. The van der Waals surface area contributed by atoms with E-state index in [2.05, 4.69) is 41.8 Å². The maximum Gasteiger partial charge on any atom is 0.224 e. The van der Waals surface area contributed by atoms with E-state index in [-0.39, 0.29) is 17.9 Å². The van der Waals surface area contributed by atoms with Crippen LogP contribution in [0.3, 0.4) is 0 Å². The van der Waals surface area contributed by atoms with Crippen LogP contribution in [-0.2, 0) is 22.4 Å². The van der Waals surface area contributed by atoms with Gasteiger partial charge in [-0.1, -0.05) is 43.3 Å². The predicted molar refractivity (Wildman–Crippen MR) is 96.8 cm³/mol. The molecule has 0 saturated heterocycles. The average Bonchev–Trinajstić information content (AvgIpc) is 2.56. The van der Waals surface area contributed by atoms with Gasteiger partial charge in [0.25, 0.3) is 0 Å². The van der Waals surface area contributed by atoms with Crippen LogP contribution in [-0.4, -0.2) is 11.8 Å². The lowest BCUT2D eigenvalue weighted by Gasteiger charge is -2.15. The van der Waals surface area contributed by atoms with E-state index in [1.165, 1.54) is 12.5 Å². The van der Waals surface area contributed by atoms with Gasteiger partial charge >= 0.3 is 0 Å². The number of anilines is 1. The van der Waals surface area contributed by atoms with Gasteiger partial charge in [0, 0.05) is 12.6 Å². The highest BCUT2D eigenvalue weighted by Crippen LogP contribution is 2.15. The normalized spacial score (nSPS) is 11.6. The summed E-state index contributed by atoms with van der Waals surface area (Å²) in [6, 6.07) is 15.6. The lowest BCUT2D eigenvalue weighted by atomic mass is 10.0. The number of nitrogens with one attached hydrogen (secondary N) is 2. The smallest absolute Gasteiger partial charge is 0.224 e. The summed E-state index contributed by atoms with van der Waals surface area (Å²) in [4.78, 5) is 23.2. The Bertz CT molecular complexity index is 691. The molecule has 2 aromatic rings. The quantitative estimate of drug-likeness (QED) is 0.852. The predicted octanol–water partition coefficient (Wildman–Crippen LogP) is 3.63. The van der Waals surface area contributed by atoms with Crippen LogP contribution in [0.2, 0.25) is 0 Å². The summed E-state index contributed by atoms with van der Waals surface area (Å²) in [6.07, 6.45) is 1.33. The second-order valence-corrected chi connectivity index (χ2v) is 5.94. The fourth-order valence-corrected chi connectivity index (χ4v) is 2.51. The number of hydrogen-bond acceptors (Lipinski definition) is 2. The summed E-state index contributed by atoms with van der Waals surface area (Å²) in [6.45, 7) is 5.58. The van der Waals surface area contributed by atoms with Crippen LogP contribution in [0.4, 0.5) is 5.69 Å². The molecule has 4 nitrogen and oxygen atoms in total. The number of hydrogen-bond donors (Lipinski definition) is 2. The molecule has 24 heavy (non-hydrogen) atoms. The Morgan fingerprint density at radius 2 is 1.54 bits per heavy atom. The van der Waals surface area contributed by atoms with E-state index in [0.717, 1.165) is 23.2 Å². The Labute approximate surface area is 143 Å². The molecule has 1 unspecified atom stereocenters. The van der Waals surface area contributed by atoms with Crippen molar-refractivity contribution in [3.63, 3.8) is 0 Å². The Hall–Kier alpha value is -2.62. The molecule has 0 aliphatic heterocycles. The van der Waals surface area contributed by atoms with Crippen LogP contribution < -0.4 is 10.6 Å². The molecule has 2 amide bonds. The van der Waals surface area contributed by atoms with Crippen LogP contribution in [0.5, 0.6) is 0 Å². The Morgan fingerprint density at radius 3 is 2.08 bits per heavy atom. The van der Waals surface area contributed by atoms with Gasteiger partial charge in [-0.25, -0.2) is 0 Å². The van der Waals surface area contributed by atoms with Crippen molar-refractivity contribution in [2.45, 2.75) is 39.7 Å². The molecule has 0 saturated carbocycles. The first-order chi connectivity index (χ1) is 11.5. The third kappa shape index (κ3) is 5.23. The van der Waals surface area contributed by atoms with Crippen molar-refractivity contribution in [2.24, 2.45) is 0 Å². The van der Waals surface area contributed by atoms with Crippen molar-refractivity contribution in [2.75, 3.05) is 5.32 Å². The second kappa shape index (κ2) is 8.29. The Kier molecular flexibility index (Phi) is 6.13. The molecule has 1 atom stereocenters. The lowest BCUT2D eigenvalue weighted by molar-refractivity contribution is -0.121. The number of benzene rings is 2. The molecular weight excluding hydrogens is 300 g/mol. The van der Waals surface area contributed by atoms with Crippen molar-refractivity contribution in [3.8, 4) is 0 Å². The van der Waals surface area contributed by atoms with Crippen molar-refractivity contribution in [3.05, 3.63) is 65.2 Å².